The van der Waals surface area contributed by atoms with E-state index >= 15 is 0 Å². The van der Waals surface area contributed by atoms with E-state index in [0.29, 0.717) is 90.8 Å². The highest BCUT2D eigenvalue weighted by Gasteiger charge is 2.49. The van der Waals surface area contributed by atoms with Crippen LogP contribution < -0.4 is 69.5 Å². The van der Waals surface area contributed by atoms with Crippen LogP contribution in [0, 0.1) is 35.5 Å². The topological polar surface area (TPSA) is 522 Å². The number of alkyl carbamates (subject to hydrolysis) is 1. The van der Waals surface area contributed by atoms with Crippen molar-refractivity contribution < 1.29 is 171 Å². The largest absolute Gasteiger partial charge is 1.00 e. The van der Waals surface area contributed by atoms with Crippen molar-refractivity contribution in [1.29, 1.82) is 0 Å². The lowest BCUT2D eigenvalue weighted by atomic mass is 9.85. The van der Waals surface area contributed by atoms with Gasteiger partial charge in [0.25, 0.3) is 0 Å². The Morgan fingerprint density at radius 3 is 1.17 bits per heavy atom. The number of rotatable bonds is 33. The minimum Gasteiger partial charge on any atom is -1.00 e. The normalized spacial score (nSPS) is 22.0. The fraction of sp³-hybridized carbons (Fsp3) is 0.515. The number of nitrogens with zero attached hydrogens (tertiary/aromatic N) is 7. The molecule has 786 valence electrons. The molecule has 0 spiro atoms. The third-order valence-corrected chi connectivity index (χ3v) is 26.9. The number of nitrogens with two attached hydrogens (primary N) is 2. The van der Waals surface area contributed by atoms with Crippen molar-refractivity contribution >= 4 is 103 Å². The second-order valence-electron chi connectivity index (χ2n) is 37.2. The molecule has 8 aliphatic rings. The smallest absolute Gasteiger partial charge is 0.407 e. The number of esters is 4. The van der Waals surface area contributed by atoms with Gasteiger partial charge < -0.3 is 177 Å². The molecular weight excluding hydrogens is 1910 g/mol. The number of carboxylic acids is 3. The maximum absolute atomic E-state index is 12.4. The molecule has 6 saturated heterocycles. The summed E-state index contributed by atoms with van der Waals surface area (Å²) >= 11 is 0. The molecule has 0 bridgehead atoms. The van der Waals surface area contributed by atoms with Gasteiger partial charge in [0.2, 0.25) is 0 Å². The first kappa shape index (κ1) is 125. The van der Waals surface area contributed by atoms with Gasteiger partial charge in [-0.3, -0.25) is 33.6 Å². The molecule has 0 aromatic heterocycles. The monoisotopic (exact) mass is 2060 g/mol. The van der Waals surface area contributed by atoms with E-state index in [9.17, 15) is 88.5 Å². The zero-order valence-electron chi connectivity index (χ0n) is 85.2. The Hall–Kier alpha value is -9.31. The number of amides is 1. The molecule has 144 heavy (non-hydrogen) atoms. The van der Waals surface area contributed by atoms with Crippen molar-refractivity contribution in [3.63, 3.8) is 0 Å². The molecule has 0 radical (unpaired) electrons. The Bertz CT molecular complexity index is 4850. The maximum Gasteiger partial charge on any atom is 0.407 e. The number of carboxylic acid groups (broad SMARTS) is 3. The lowest BCUT2D eigenvalue weighted by Gasteiger charge is -2.23. The Kier molecular flexibility index (Phi) is 54.0. The first-order valence-corrected chi connectivity index (χ1v) is 49.0. The van der Waals surface area contributed by atoms with E-state index in [1.807, 2.05) is 154 Å². The van der Waals surface area contributed by atoms with Crippen LogP contribution in [0.25, 0.3) is 11.1 Å². The van der Waals surface area contributed by atoms with Crippen molar-refractivity contribution in [2.45, 2.75) is 163 Å². The average Bonchev–Trinajstić information content (AvgIpc) is 1.61. The van der Waals surface area contributed by atoms with Crippen LogP contribution in [0.1, 0.15) is 119 Å². The van der Waals surface area contributed by atoms with Crippen LogP contribution in [-0.2, 0) is 62.0 Å². The fourth-order valence-electron chi connectivity index (χ4n) is 18.7. The third kappa shape index (κ3) is 36.9. The Morgan fingerprint density at radius 1 is 0.389 bits per heavy atom. The number of ether oxygens (including phenoxy) is 5. The number of nitrogens with one attached hydrogen (secondary N) is 3. The van der Waals surface area contributed by atoms with Gasteiger partial charge in [-0.25, -0.2) is 9.59 Å². The maximum atomic E-state index is 12.4. The zero-order chi connectivity index (χ0) is 104. The number of quaternary nitrogens is 3. The number of ketones is 1. The summed E-state index contributed by atoms with van der Waals surface area (Å²) < 4.78 is 25.8. The lowest BCUT2D eigenvalue weighted by Crippen LogP contribution is -3.00. The molecule has 7 aliphatic heterocycles. The molecule has 7 heterocycles. The number of carbonyl (C=O) groups is 9. The molecule has 6 fully saturated rings. The van der Waals surface area contributed by atoms with Crippen molar-refractivity contribution in [1.82, 2.24) is 49.6 Å². The fourth-order valence-corrected chi connectivity index (χ4v) is 18.7. The predicted octanol–water partition coefficient (Wildman–Crippen LogP) is -7.10. The molecule has 15 atom stereocenters. The van der Waals surface area contributed by atoms with E-state index in [4.69, 9.17) is 28.8 Å². The first-order valence-electron chi connectivity index (χ1n) is 49.0. The zero-order valence-corrected chi connectivity index (χ0v) is 87.5. The SMILES string of the molecule is CB(O)N1C[C@@H](NC(=O)OCC2c3ccccc3-c3ccccc32)[C@H](C(=O)O)C1.CB(O)N1C[C@@H]([NH2+][C@@H](C)c2ccccc2)[C@H](C(=O)O)C1.CB(O)N1C[C@@H]([NH3+])[C@H](C(=O)O)C1.CCOC(=O)C1=C(N[C@@H](C)c2ccccc2)CN(B(C)O)C1.CCOC(=O)C1CN(B(C)O)CC1=O.CCOC(=O)[C@@H]1CN(B(C)O)C[C@H]1N[C@@H](C)c1ccccc1.CCOC(=O)[C@@H]1CN(B(C)O)C[C@H]1[NH2+][C@@H](C)c1ccccc1.[Cl-].[Cl-].[Cl-]. The van der Waals surface area contributed by atoms with E-state index in [1.165, 1.54) is 16.7 Å². The van der Waals surface area contributed by atoms with Crippen LogP contribution in [0.15, 0.2) is 181 Å². The van der Waals surface area contributed by atoms with Crippen LogP contribution >= 0.6 is 0 Å². The lowest BCUT2D eigenvalue weighted by molar-refractivity contribution is -0.725. The van der Waals surface area contributed by atoms with E-state index in [-0.39, 0.29) is 166 Å². The van der Waals surface area contributed by atoms with Gasteiger partial charge in [-0.1, -0.05) is 170 Å². The quantitative estimate of drug-likeness (QED) is 0.00788. The number of Topliss-reactive ketones (excluding diaryl/α,β-unsaturated/α-hetero) is 1. The van der Waals surface area contributed by atoms with Crippen molar-refractivity contribution in [2.75, 3.05) is 125 Å². The average molecular weight is 2060 g/mol. The van der Waals surface area contributed by atoms with Crippen molar-refractivity contribution in [2.24, 2.45) is 35.5 Å². The Labute approximate surface area is 867 Å². The standard InChI is InChI=1S/C21H23BN2O5.2C16H25BN2O3.C16H23BN2O3.C14H21BN2O3.C8H14BNO4.C6H13BN2O3.3ClH/c1-22(28)24-10-17(20(25)26)19(11-24)23-21(27)29-12-18-15-8-4-2-6-13(15)14-7-3-5-9-16(14)18;3*1-4-22-16(20)14-10-19(17(3)21)11-15(14)18-12(2)13-8-6-5-7-9-13;1-10(11-6-4-3-5-7-11)16-13-9-17(15(2)20)8-12(13)14(18)19;1-3-14-8(12)6-4-10(9(2)13)5-7(6)11;1-7(12)9-2-4(6(10)11)5(8)3-9;;;/h2-9,17-19,28H,10-12H2,1H3,(H,23,27)(H,25,26);2*5-9,12,14-15,18,21H,4,10-11H2,1-3H3;5-9,12,18,21H,4,10-11H2,1-3H3;3-7,10,12-13,16,20H,8-9H2,1-2H3,(H,18,19);6,13H,3-5H2,1-2H3;4-5,12H,2-3,8H2,1H3,(H,10,11);3*1H/t17-,19-;2*12-,14+,15+;12-;10-,12+,13+;;4-,5-;;;/m10000.1.../s1. The van der Waals surface area contributed by atoms with E-state index in [2.05, 4.69) is 109 Å². The second kappa shape index (κ2) is 62.1. The molecule has 47 heteroatoms. The minimum absolute atomic E-state index is 0. The number of hydrogen-bond donors (Lipinski definition) is 16. The number of carbonyl (C=O) groups excluding carboxylic acids is 6. The minimum atomic E-state index is -1.00. The predicted molar refractivity (Wildman–Crippen MR) is 540 cm³/mol. The highest BCUT2D eigenvalue weighted by molar-refractivity contribution is 6.47. The summed E-state index contributed by atoms with van der Waals surface area (Å²) in [6.07, 6.45) is -0.643. The number of fused-ring (bicyclic) bond motifs is 3. The second-order valence-corrected chi connectivity index (χ2v) is 37.2. The van der Waals surface area contributed by atoms with Crippen LogP contribution in [-0.4, -0.2) is 342 Å². The van der Waals surface area contributed by atoms with Crippen LogP contribution in [0.5, 0.6) is 0 Å². The molecule has 1 aliphatic carbocycles. The van der Waals surface area contributed by atoms with E-state index < -0.39 is 109 Å². The number of benzene rings is 6. The third-order valence-electron chi connectivity index (χ3n) is 26.9. The molecule has 37 nitrogen and oxygen atoms in total. The highest BCUT2D eigenvalue weighted by Crippen LogP contribution is 2.45. The summed E-state index contributed by atoms with van der Waals surface area (Å²) in [4.78, 5) is 117. The highest BCUT2D eigenvalue weighted by atomic mass is 35.5. The van der Waals surface area contributed by atoms with Gasteiger partial charge in [-0.2, -0.15) is 0 Å². The molecule has 20 N–H and O–H groups in total. The number of hydrogen-bond acceptors (Lipinski definition) is 30. The van der Waals surface area contributed by atoms with Gasteiger partial charge in [0.05, 0.1) is 56.4 Å². The van der Waals surface area contributed by atoms with E-state index in [0.717, 1.165) is 33.5 Å². The van der Waals surface area contributed by atoms with Crippen molar-refractivity contribution in [3.05, 3.63) is 215 Å². The molecular formula is C97H147B7Cl3N13O24. The summed E-state index contributed by atoms with van der Waals surface area (Å²) in [7, 11) is -4.33. The molecule has 1 unspecified atom stereocenters. The molecule has 6 aromatic carbocycles. The summed E-state index contributed by atoms with van der Waals surface area (Å²) in [5.41, 5.74) is 14.4. The number of aliphatic carboxylic acids is 3. The van der Waals surface area contributed by atoms with Crippen LogP contribution in [0.3, 0.4) is 0 Å². The van der Waals surface area contributed by atoms with Gasteiger partial charge >= 0.3 is 97.2 Å². The van der Waals surface area contributed by atoms with Crippen LogP contribution in [0.4, 0.5) is 4.79 Å². The van der Waals surface area contributed by atoms with Crippen LogP contribution in [0.2, 0.25) is 47.8 Å². The first-order chi connectivity index (χ1) is 67.1. The van der Waals surface area contributed by atoms with Gasteiger partial charge in [-0.15, -0.1) is 0 Å². The summed E-state index contributed by atoms with van der Waals surface area (Å²) in [6.45, 7) is 34.8. The molecule has 1 amide bonds. The molecule has 14 rings (SSSR count). The van der Waals surface area contributed by atoms with Gasteiger partial charge in [-0.05, 0) is 137 Å². The van der Waals surface area contributed by atoms with E-state index in [1.54, 1.807) is 76.0 Å². The Balaban J connectivity index is 0.000000299. The summed E-state index contributed by atoms with van der Waals surface area (Å²) in [6, 6.07) is 56.6. The van der Waals surface area contributed by atoms with Crippen molar-refractivity contribution in [3.8, 4) is 11.1 Å². The van der Waals surface area contributed by atoms with Gasteiger partial charge in [0.15, 0.2) is 5.78 Å². The number of halogens is 3. The molecule has 6 aromatic rings. The molecule has 0 saturated carbocycles. The van der Waals surface area contributed by atoms with Gasteiger partial charge in [0.1, 0.15) is 60.5 Å². The van der Waals surface area contributed by atoms with Gasteiger partial charge in [0, 0.05) is 126 Å². The summed E-state index contributed by atoms with van der Waals surface area (Å²) in [5.74, 6) is -6.80. The Morgan fingerprint density at radius 2 is 0.750 bits per heavy atom. The summed E-state index contributed by atoms with van der Waals surface area (Å²) in [5, 5.41) is 109.